The van der Waals surface area contributed by atoms with E-state index in [0.717, 1.165) is 17.6 Å². The van der Waals surface area contributed by atoms with Crippen LogP contribution in [-0.4, -0.2) is 0 Å². The molecule has 0 N–H and O–H groups in total. The highest BCUT2D eigenvalue weighted by Gasteiger charge is 1.95. The van der Waals surface area contributed by atoms with Crippen LogP contribution in [0.4, 0.5) is 4.39 Å². The number of hydrogen-bond donors (Lipinski definition) is 0. The van der Waals surface area contributed by atoms with E-state index in [0.29, 0.717) is 0 Å². The van der Waals surface area contributed by atoms with Gasteiger partial charge in [-0.1, -0.05) is 24.8 Å². The van der Waals surface area contributed by atoms with Crippen molar-refractivity contribution in [3.8, 4) is 0 Å². The molecule has 1 heteroatoms. The summed E-state index contributed by atoms with van der Waals surface area (Å²) in [5.74, 6) is -0.217. The van der Waals surface area contributed by atoms with E-state index in [1.54, 1.807) is 18.2 Å². The zero-order valence-electron chi connectivity index (χ0n) is 6.89. The standard InChI is InChI=1S/C11H11F/c1-3-4-9(2)10-5-7-11(12)8-6-10/h3,5-8H,1-2,4H2. The van der Waals surface area contributed by atoms with E-state index in [9.17, 15) is 4.39 Å². The molecular formula is C11H11F. The summed E-state index contributed by atoms with van der Waals surface area (Å²) in [6, 6.07) is 6.32. The molecule has 0 unspecified atom stereocenters. The lowest BCUT2D eigenvalue weighted by Gasteiger charge is -2.01. The molecule has 0 heterocycles. The van der Waals surface area contributed by atoms with Gasteiger partial charge in [0.1, 0.15) is 5.82 Å². The van der Waals surface area contributed by atoms with Gasteiger partial charge in [-0.3, -0.25) is 0 Å². The van der Waals surface area contributed by atoms with Crippen molar-refractivity contribution in [3.63, 3.8) is 0 Å². The van der Waals surface area contributed by atoms with Crippen molar-refractivity contribution in [1.82, 2.24) is 0 Å². The fourth-order valence-corrected chi connectivity index (χ4v) is 0.978. The Morgan fingerprint density at radius 1 is 1.33 bits per heavy atom. The molecule has 0 aliphatic carbocycles. The molecule has 0 aromatic heterocycles. The molecule has 0 radical (unpaired) electrons. The van der Waals surface area contributed by atoms with Crippen LogP contribution in [-0.2, 0) is 0 Å². The number of rotatable bonds is 3. The Balaban J connectivity index is 2.82. The van der Waals surface area contributed by atoms with Crippen molar-refractivity contribution >= 4 is 5.57 Å². The second-order valence-electron chi connectivity index (χ2n) is 2.60. The van der Waals surface area contributed by atoms with Gasteiger partial charge in [-0.05, 0) is 29.7 Å². The Labute approximate surface area is 72.0 Å². The molecule has 0 fully saturated rings. The predicted molar refractivity (Wildman–Crippen MR) is 50.2 cm³/mol. The van der Waals surface area contributed by atoms with E-state index in [-0.39, 0.29) is 5.82 Å². The zero-order valence-corrected chi connectivity index (χ0v) is 6.89. The average molecular weight is 162 g/mol. The summed E-state index contributed by atoms with van der Waals surface area (Å²) in [6.07, 6.45) is 2.53. The van der Waals surface area contributed by atoms with E-state index in [2.05, 4.69) is 13.2 Å². The van der Waals surface area contributed by atoms with E-state index >= 15 is 0 Å². The summed E-state index contributed by atoms with van der Waals surface area (Å²) in [7, 11) is 0. The summed E-state index contributed by atoms with van der Waals surface area (Å²) in [5.41, 5.74) is 1.93. The van der Waals surface area contributed by atoms with E-state index in [1.807, 2.05) is 0 Å². The van der Waals surface area contributed by atoms with Gasteiger partial charge in [-0.15, -0.1) is 6.58 Å². The Kier molecular flexibility index (Phi) is 2.81. The van der Waals surface area contributed by atoms with Crippen LogP contribution in [0.3, 0.4) is 0 Å². The van der Waals surface area contributed by atoms with Crippen LogP contribution in [0.5, 0.6) is 0 Å². The molecule has 0 amide bonds. The Morgan fingerprint density at radius 2 is 1.92 bits per heavy atom. The number of benzene rings is 1. The van der Waals surface area contributed by atoms with Crippen LogP contribution in [0.15, 0.2) is 43.5 Å². The van der Waals surface area contributed by atoms with Crippen LogP contribution >= 0.6 is 0 Å². The van der Waals surface area contributed by atoms with Crippen molar-refractivity contribution in [2.75, 3.05) is 0 Å². The third kappa shape index (κ3) is 2.06. The summed E-state index contributed by atoms with van der Waals surface area (Å²) in [5, 5.41) is 0. The Morgan fingerprint density at radius 3 is 2.42 bits per heavy atom. The molecule has 62 valence electrons. The lowest BCUT2D eigenvalue weighted by molar-refractivity contribution is 0.627. The molecule has 0 saturated carbocycles. The first kappa shape index (κ1) is 8.72. The van der Waals surface area contributed by atoms with Gasteiger partial charge in [0.2, 0.25) is 0 Å². The van der Waals surface area contributed by atoms with Gasteiger partial charge in [-0.2, -0.15) is 0 Å². The third-order valence-electron chi connectivity index (χ3n) is 1.64. The fourth-order valence-electron chi connectivity index (χ4n) is 0.978. The van der Waals surface area contributed by atoms with E-state index < -0.39 is 0 Å². The monoisotopic (exact) mass is 162 g/mol. The minimum Gasteiger partial charge on any atom is -0.207 e. The fraction of sp³-hybridized carbons (Fsp3) is 0.0909. The van der Waals surface area contributed by atoms with Crippen LogP contribution in [0.25, 0.3) is 5.57 Å². The smallest absolute Gasteiger partial charge is 0.123 e. The first-order valence-electron chi connectivity index (χ1n) is 3.78. The lowest BCUT2D eigenvalue weighted by Crippen LogP contribution is -1.81. The average Bonchev–Trinajstić information content (AvgIpc) is 2.06. The molecule has 0 bridgehead atoms. The molecule has 0 saturated heterocycles. The quantitative estimate of drug-likeness (QED) is 0.597. The SMILES string of the molecule is C=CCC(=C)c1ccc(F)cc1. The van der Waals surface area contributed by atoms with Gasteiger partial charge in [0.05, 0.1) is 0 Å². The van der Waals surface area contributed by atoms with Crippen LogP contribution < -0.4 is 0 Å². The van der Waals surface area contributed by atoms with Gasteiger partial charge in [0.25, 0.3) is 0 Å². The number of hydrogen-bond acceptors (Lipinski definition) is 0. The van der Waals surface area contributed by atoms with E-state index in [4.69, 9.17) is 0 Å². The van der Waals surface area contributed by atoms with Gasteiger partial charge in [-0.25, -0.2) is 4.39 Å². The summed E-state index contributed by atoms with van der Waals surface area (Å²) in [6.45, 7) is 7.46. The molecular weight excluding hydrogens is 151 g/mol. The maximum absolute atomic E-state index is 12.5. The van der Waals surface area contributed by atoms with Gasteiger partial charge < -0.3 is 0 Å². The molecule has 0 aliphatic rings. The maximum Gasteiger partial charge on any atom is 0.123 e. The maximum atomic E-state index is 12.5. The number of allylic oxidation sites excluding steroid dienone is 2. The highest BCUT2D eigenvalue weighted by atomic mass is 19.1. The summed E-state index contributed by atoms with van der Waals surface area (Å²) >= 11 is 0. The third-order valence-corrected chi connectivity index (χ3v) is 1.64. The second kappa shape index (κ2) is 3.86. The van der Waals surface area contributed by atoms with Crippen molar-refractivity contribution in [2.45, 2.75) is 6.42 Å². The zero-order chi connectivity index (χ0) is 8.97. The minimum absolute atomic E-state index is 0.217. The number of halogens is 1. The molecule has 1 aromatic rings. The van der Waals surface area contributed by atoms with Crippen molar-refractivity contribution < 1.29 is 4.39 Å². The molecule has 0 nitrogen and oxygen atoms in total. The molecule has 0 spiro atoms. The topological polar surface area (TPSA) is 0 Å². The van der Waals surface area contributed by atoms with Crippen LogP contribution in [0.2, 0.25) is 0 Å². The first-order valence-corrected chi connectivity index (χ1v) is 3.78. The van der Waals surface area contributed by atoms with Crippen LogP contribution in [0.1, 0.15) is 12.0 Å². The van der Waals surface area contributed by atoms with Gasteiger partial charge in [0, 0.05) is 0 Å². The second-order valence-corrected chi connectivity index (χ2v) is 2.60. The highest BCUT2D eigenvalue weighted by molar-refractivity contribution is 5.64. The first-order chi connectivity index (χ1) is 5.74. The van der Waals surface area contributed by atoms with Crippen molar-refractivity contribution in [2.24, 2.45) is 0 Å². The normalized spacial score (nSPS) is 9.42. The highest BCUT2D eigenvalue weighted by Crippen LogP contribution is 2.16. The lowest BCUT2D eigenvalue weighted by atomic mass is 10.1. The molecule has 1 aromatic carbocycles. The Bertz CT molecular complexity index is 282. The summed E-state index contributed by atoms with van der Waals surface area (Å²) < 4.78 is 12.5. The molecule has 0 aliphatic heterocycles. The molecule has 0 atom stereocenters. The van der Waals surface area contributed by atoms with Crippen molar-refractivity contribution in [1.29, 1.82) is 0 Å². The van der Waals surface area contributed by atoms with Crippen molar-refractivity contribution in [3.05, 3.63) is 54.9 Å². The van der Waals surface area contributed by atoms with Gasteiger partial charge in [0.15, 0.2) is 0 Å². The van der Waals surface area contributed by atoms with E-state index in [1.165, 1.54) is 12.1 Å². The van der Waals surface area contributed by atoms with Gasteiger partial charge >= 0.3 is 0 Å². The largest absolute Gasteiger partial charge is 0.207 e. The molecule has 1 rings (SSSR count). The molecule has 12 heavy (non-hydrogen) atoms. The Hall–Kier alpha value is -1.37. The summed E-state index contributed by atoms with van der Waals surface area (Å²) in [4.78, 5) is 0. The van der Waals surface area contributed by atoms with Crippen LogP contribution in [0, 0.1) is 5.82 Å². The minimum atomic E-state index is -0.217. The predicted octanol–water partition coefficient (Wildman–Crippen LogP) is 3.42.